The first kappa shape index (κ1) is 15.7. The van der Waals surface area contributed by atoms with Gasteiger partial charge in [0.1, 0.15) is 12.2 Å². The van der Waals surface area contributed by atoms with E-state index < -0.39 is 0 Å². The summed E-state index contributed by atoms with van der Waals surface area (Å²) >= 11 is 1.44. The Labute approximate surface area is 128 Å². The summed E-state index contributed by atoms with van der Waals surface area (Å²) in [5, 5.41) is 7.11. The van der Waals surface area contributed by atoms with Crippen LogP contribution in [-0.4, -0.2) is 27.8 Å². The molecular formula is C14H20N4O2S. The predicted octanol–water partition coefficient (Wildman–Crippen LogP) is 2.15. The van der Waals surface area contributed by atoms with Crippen molar-refractivity contribution in [1.29, 1.82) is 0 Å². The average molecular weight is 308 g/mol. The fraction of sp³-hybridized carbons (Fsp3) is 0.500. The highest BCUT2D eigenvalue weighted by atomic mass is 32.1. The smallest absolute Gasteiger partial charge is 0.261 e. The number of nitrogens with one attached hydrogen (secondary N) is 1. The zero-order valence-electron chi connectivity index (χ0n) is 12.7. The lowest BCUT2D eigenvalue weighted by atomic mass is 10.0. The second kappa shape index (κ2) is 6.82. The minimum absolute atomic E-state index is 0.0935. The first-order chi connectivity index (χ1) is 10.0. The van der Waals surface area contributed by atoms with Gasteiger partial charge >= 0.3 is 0 Å². The highest BCUT2D eigenvalue weighted by molar-refractivity contribution is 7.14. The SMILES string of the molecule is COCc1ccc(C(=O)N[C@H](c2ncnn2C)C(C)C)s1. The van der Waals surface area contributed by atoms with Crippen LogP contribution < -0.4 is 5.32 Å². The van der Waals surface area contributed by atoms with E-state index in [0.717, 1.165) is 10.7 Å². The van der Waals surface area contributed by atoms with Crippen molar-refractivity contribution in [3.63, 3.8) is 0 Å². The number of carbonyl (C=O) groups is 1. The number of methoxy groups -OCH3 is 1. The average Bonchev–Trinajstić information content (AvgIpc) is 3.05. The van der Waals surface area contributed by atoms with Gasteiger partial charge in [-0.15, -0.1) is 11.3 Å². The number of nitrogens with zero attached hydrogens (tertiary/aromatic N) is 3. The number of hydrogen-bond donors (Lipinski definition) is 1. The van der Waals surface area contributed by atoms with Crippen molar-refractivity contribution >= 4 is 17.2 Å². The van der Waals surface area contributed by atoms with E-state index in [1.165, 1.54) is 17.7 Å². The Morgan fingerprint density at radius 1 is 1.48 bits per heavy atom. The van der Waals surface area contributed by atoms with Gasteiger partial charge in [0.25, 0.3) is 5.91 Å². The summed E-state index contributed by atoms with van der Waals surface area (Å²) in [6.07, 6.45) is 1.50. The summed E-state index contributed by atoms with van der Waals surface area (Å²) in [6, 6.07) is 3.57. The maximum Gasteiger partial charge on any atom is 0.261 e. The molecule has 21 heavy (non-hydrogen) atoms. The largest absolute Gasteiger partial charge is 0.379 e. The molecule has 0 spiro atoms. The van der Waals surface area contributed by atoms with Crippen LogP contribution in [0, 0.1) is 5.92 Å². The lowest BCUT2D eigenvalue weighted by molar-refractivity contribution is 0.0926. The van der Waals surface area contributed by atoms with E-state index in [1.54, 1.807) is 11.8 Å². The molecule has 2 aromatic rings. The number of amides is 1. The minimum Gasteiger partial charge on any atom is -0.379 e. The number of aryl methyl sites for hydroxylation is 1. The number of ether oxygens (including phenoxy) is 1. The fourth-order valence-corrected chi connectivity index (χ4v) is 2.93. The molecule has 0 bridgehead atoms. The molecule has 0 aliphatic heterocycles. The molecule has 2 aromatic heterocycles. The van der Waals surface area contributed by atoms with E-state index >= 15 is 0 Å². The van der Waals surface area contributed by atoms with Crippen molar-refractivity contribution < 1.29 is 9.53 Å². The molecule has 2 rings (SSSR count). The number of carbonyl (C=O) groups excluding carboxylic acids is 1. The lowest BCUT2D eigenvalue weighted by Gasteiger charge is -2.21. The second-order valence-electron chi connectivity index (χ2n) is 5.14. The number of rotatable bonds is 6. The summed E-state index contributed by atoms with van der Waals surface area (Å²) < 4.78 is 6.76. The normalized spacial score (nSPS) is 12.6. The maximum atomic E-state index is 12.4. The Kier molecular flexibility index (Phi) is 5.08. The molecule has 6 nitrogen and oxygen atoms in total. The van der Waals surface area contributed by atoms with Crippen LogP contribution in [-0.2, 0) is 18.4 Å². The fourth-order valence-electron chi connectivity index (χ4n) is 2.05. The molecule has 0 fully saturated rings. The first-order valence-electron chi connectivity index (χ1n) is 6.75. The highest BCUT2D eigenvalue weighted by Crippen LogP contribution is 2.22. The lowest BCUT2D eigenvalue weighted by Crippen LogP contribution is -2.33. The van der Waals surface area contributed by atoms with Gasteiger partial charge < -0.3 is 10.1 Å². The van der Waals surface area contributed by atoms with Crippen LogP contribution in [0.2, 0.25) is 0 Å². The van der Waals surface area contributed by atoms with Gasteiger partial charge in [0.05, 0.1) is 17.5 Å². The zero-order chi connectivity index (χ0) is 15.4. The topological polar surface area (TPSA) is 69.0 Å². The summed E-state index contributed by atoms with van der Waals surface area (Å²) in [7, 11) is 3.47. The van der Waals surface area contributed by atoms with Gasteiger partial charge in [-0.1, -0.05) is 13.8 Å². The van der Waals surface area contributed by atoms with Gasteiger partial charge in [-0.05, 0) is 18.1 Å². The molecule has 1 atom stereocenters. The maximum absolute atomic E-state index is 12.4. The van der Waals surface area contributed by atoms with Crippen LogP contribution >= 0.6 is 11.3 Å². The third kappa shape index (κ3) is 3.68. The van der Waals surface area contributed by atoms with E-state index in [4.69, 9.17) is 4.74 Å². The highest BCUT2D eigenvalue weighted by Gasteiger charge is 2.23. The molecule has 0 unspecified atom stereocenters. The van der Waals surface area contributed by atoms with Crippen LogP contribution in [0.15, 0.2) is 18.5 Å². The molecule has 7 heteroatoms. The van der Waals surface area contributed by atoms with Crippen molar-refractivity contribution in [2.75, 3.05) is 7.11 Å². The van der Waals surface area contributed by atoms with Crippen molar-refractivity contribution in [2.45, 2.75) is 26.5 Å². The van der Waals surface area contributed by atoms with Gasteiger partial charge in [-0.2, -0.15) is 5.10 Å². The molecule has 114 valence electrons. The van der Waals surface area contributed by atoms with Crippen LogP contribution in [0.1, 0.15) is 40.3 Å². The number of aromatic nitrogens is 3. The Balaban J connectivity index is 2.13. The first-order valence-corrected chi connectivity index (χ1v) is 7.57. The Morgan fingerprint density at radius 2 is 2.24 bits per heavy atom. The molecular weight excluding hydrogens is 288 g/mol. The summed E-state index contributed by atoms with van der Waals surface area (Å²) in [6.45, 7) is 4.61. The quantitative estimate of drug-likeness (QED) is 0.888. The monoisotopic (exact) mass is 308 g/mol. The van der Waals surface area contributed by atoms with E-state index in [1.807, 2.05) is 33.0 Å². The minimum atomic E-state index is -0.169. The molecule has 0 aliphatic rings. The van der Waals surface area contributed by atoms with E-state index in [-0.39, 0.29) is 17.9 Å². The second-order valence-corrected chi connectivity index (χ2v) is 6.30. The van der Waals surface area contributed by atoms with Crippen molar-refractivity contribution in [1.82, 2.24) is 20.1 Å². The van der Waals surface area contributed by atoms with Gasteiger partial charge in [-0.3, -0.25) is 9.48 Å². The van der Waals surface area contributed by atoms with Gasteiger partial charge in [0.15, 0.2) is 0 Å². The van der Waals surface area contributed by atoms with Crippen molar-refractivity contribution in [3.8, 4) is 0 Å². The third-order valence-corrected chi connectivity index (χ3v) is 4.21. The molecule has 0 saturated carbocycles. The number of thiophene rings is 1. The van der Waals surface area contributed by atoms with Crippen LogP contribution in [0.3, 0.4) is 0 Å². The number of hydrogen-bond acceptors (Lipinski definition) is 5. The van der Waals surface area contributed by atoms with Gasteiger partial charge in [0, 0.05) is 19.0 Å². The third-order valence-electron chi connectivity index (χ3n) is 3.15. The van der Waals surface area contributed by atoms with Gasteiger partial charge in [0.2, 0.25) is 0 Å². The van der Waals surface area contributed by atoms with E-state index in [2.05, 4.69) is 15.4 Å². The molecule has 1 N–H and O–H groups in total. The molecule has 0 saturated heterocycles. The Morgan fingerprint density at radius 3 is 2.81 bits per heavy atom. The van der Waals surface area contributed by atoms with Crippen LogP contribution in [0.4, 0.5) is 0 Å². The summed E-state index contributed by atoms with van der Waals surface area (Å²) in [4.78, 5) is 18.3. The van der Waals surface area contributed by atoms with E-state index in [9.17, 15) is 4.79 Å². The summed E-state index contributed by atoms with van der Waals surface area (Å²) in [5.41, 5.74) is 0. The molecule has 2 heterocycles. The summed E-state index contributed by atoms with van der Waals surface area (Å²) in [5.74, 6) is 0.881. The van der Waals surface area contributed by atoms with Crippen LogP contribution in [0.5, 0.6) is 0 Å². The predicted molar refractivity (Wildman–Crippen MR) is 81.1 cm³/mol. The van der Waals surface area contributed by atoms with E-state index in [0.29, 0.717) is 11.5 Å². The van der Waals surface area contributed by atoms with Gasteiger partial charge in [-0.25, -0.2) is 4.98 Å². The van der Waals surface area contributed by atoms with Crippen LogP contribution in [0.25, 0.3) is 0 Å². The molecule has 0 radical (unpaired) electrons. The molecule has 0 aromatic carbocycles. The molecule has 1 amide bonds. The molecule has 0 aliphatic carbocycles. The van der Waals surface area contributed by atoms with Crippen molar-refractivity contribution in [2.24, 2.45) is 13.0 Å². The van der Waals surface area contributed by atoms with Crippen molar-refractivity contribution in [3.05, 3.63) is 34.0 Å². The standard InChI is InChI=1S/C14H20N4O2S/c1-9(2)12(13-15-8-16-18(13)3)17-14(19)11-6-5-10(21-11)7-20-4/h5-6,8-9,12H,7H2,1-4H3,(H,17,19)/t12-/m0/s1. The Hall–Kier alpha value is -1.73. The Bertz CT molecular complexity index is 606. The zero-order valence-corrected chi connectivity index (χ0v) is 13.5.